The van der Waals surface area contributed by atoms with Crippen LogP contribution in [-0.4, -0.2) is 13.2 Å². The van der Waals surface area contributed by atoms with Crippen molar-refractivity contribution in [3.63, 3.8) is 0 Å². The first kappa shape index (κ1) is 12.3. The minimum Gasteiger partial charge on any atom is -0.497 e. The average Bonchev–Trinajstić information content (AvgIpc) is 2.40. The predicted molar refractivity (Wildman–Crippen MR) is 72.7 cm³/mol. The lowest BCUT2D eigenvalue weighted by Crippen LogP contribution is -2.25. The Morgan fingerprint density at radius 3 is 2.65 bits per heavy atom. The standard InChI is InChI=1S/C15H23NO/c1-3-12-7-9-13(10-8-12)16-14-5-4-6-15(11-14)17-2/h4-6,11-13,16H,3,7-10H2,1-2H3. The van der Waals surface area contributed by atoms with Crippen LogP contribution in [0.5, 0.6) is 5.75 Å². The average molecular weight is 233 g/mol. The van der Waals surface area contributed by atoms with Gasteiger partial charge in [-0.05, 0) is 43.7 Å². The van der Waals surface area contributed by atoms with Gasteiger partial charge < -0.3 is 10.1 Å². The second kappa shape index (κ2) is 5.95. The lowest BCUT2D eigenvalue weighted by atomic mass is 9.84. The van der Waals surface area contributed by atoms with Gasteiger partial charge in [0.15, 0.2) is 0 Å². The summed E-state index contributed by atoms with van der Waals surface area (Å²) in [6.45, 7) is 2.31. The van der Waals surface area contributed by atoms with Gasteiger partial charge in [0.2, 0.25) is 0 Å². The fraction of sp³-hybridized carbons (Fsp3) is 0.600. The summed E-state index contributed by atoms with van der Waals surface area (Å²) in [6, 6.07) is 8.86. The molecule has 1 aliphatic rings. The molecule has 1 aromatic carbocycles. The van der Waals surface area contributed by atoms with Crippen LogP contribution in [0.15, 0.2) is 24.3 Å². The van der Waals surface area contributed by atoms with Gasteiger partial charge in [0, 0.05) is 17.8 Å². The molecule has 0 aromatic heterocycles. The van der Waals surface area contributed by atoms with Crippen LogP contribution in [0.3, 0.4) is 0 Å². The van der Waals surface area contributed by atoms with Gasteiger partial charge in [-0.3, -0.25) is 0 Å². The molecule has 2 nitrogen and oxygen atoms in total. The largest absolute Gasteiger partial charge is 0.497 e. The minimum absolute atomic E-state index is 0.643. The van der Waals surface area contributed by atoms with Crippen LogP contribution in [0, 0.1) is 5.92 Å². The van der Waals surface area contributed by atoms with E-state index in [4.69, 9.17) is 4.74 Å². The predicted octanol–water partition coefficient (Wildman–Crippen LogP) is 4.08. The number of ether oxygens (including phenoxy) is 1. The maximum atomic E-state index is 5.24. The fourth-order valence-corrected chi connectivity index (χ4v) is 2.66. The molecule has 0 radical (unpaired) electrons. The van der Waals surface area contributed by atoms with Crippen LogP contribution >= 0.6 is 0 Å². The Hall–Kier alpha value is -1.18. The van der Waals surface area contributed by atoms with Crippen molar-refractivity contribution in [1.82, 2.24) is 0 Å². The minimum atomic E-state index is 0.643. The fourth-order valence-electron chi connectivity index (χ4n) is 2.66. The third-order valence-electron chi connectivity index (χ3n) is 3.86. The van der Waals surface area contributed by atoms with Crippen molar-refractivity contribution in [2.75, 3.05) is 12.4 Å². The molecule has 0 bridgehead atoms. The molecule has 0 atom stereocenters. The van der Waals surface area contributed by atoms with Crippen LogP contribution < -0.4 is 10.1 Å². The maximum Gasteiger partial charge on any atom is 0.120 e. The molecule has 17 heavy (non-hydrogen) atoms. The summed E-state index contributed by atoms with van der Waals surface area (Å²) in [5.74, 6) is 1.88. The third kappa shape index (κ3) is 3.39. The number of rotatable bonds is 4. The van der Waals surface area contributed by atoms with Gasteiger partial charge in [-0.1, -0.05) is 19.4 Å². The number of nitrogens with one attached hydrogen (secondary N) is 1. The quantitative estimate of drug-likeness (QED) is 0.846. The highest BCUT2D eigenvalue weighted by atomic mass is 16.5. The Balaban J connectivity index is 1.88. The third-order valence-corrected chi connectivity index (χ3v) is 3.86. The number of methoxy groups -OCH3 is 1. The lowest BCUT2D eigenvalue weighted by Gasteiger charge is -2.29. The molecule has 0 amide bonds. The Morgan fingerprint density at radius 2 is 2.00 bits per heavy atom. The molecule has 0 heterocycles. The van der Waals surface area contributed by atoms with E-state index in [0.29, 0.717) is 6.04 Å². The molecular weight excluding hydrogens is 210 g/mol. The number of benzene rings is 1. The van der Waals surface area contributed by atoms with Crippen LogP contribution in [0.2, 0.25) is 0 Å². The van der Waals surface area contributed by atoms with Crippen LogP contribution in [0.4, 0.5) is 5.69 Å². The molecule has 0 saturated heterocycles. The van der Waals surface area contributed by atoms with Gasteiger partial charge in [-0.15, -0.1) is 0 Å². The molecule has 1 aromatic rings. The van der Waals surface area contributed by atoms with Crippen molar-refractivity contribution in [1.29, 1.82) is 0 Å². The monoisotopic (exact) mass is 233 g/mol. The van der Waals surface area contributed by atoms with E-state index >= 15 is 0 Å². The highest BCUT2D eigenvalue weighted by Gasteiger charge is 2.19. The van der Waals surface area contributed by atoms with E-state index in [1.165, 1.54) is 37.8 Å². The summed E-state index contributed by atoms with van der Waals surface area (Å²) in [4.78, 5) is 0. The summed E-state index contributed by atoms with van der Waals surface area (Å²) in [5, 5.41) is 3.62. The van der Waals surface area contributed by atoms with E-state index in [1.807, 2.05) is 12.1 Å². The number of anilines is 1. The molecule has 1 saturated carbocycles. The maximum absolute atomic E-state index is 5.24. The van der Waals surface area contributed by atoms with Crippen molar-refractivity contribution in [2.45, 2.75) is 45.1 Å². The molecular formula is C15H23NO. The summed E-state index contributed by atoms with van der Waals surface area (Å²) in [5.41, 5.74) is 1.18. The molecule has 1 fully saturated rings. The molecule has 1 aliphatic carbocycles. The summed E-state index contributed by atoms with van der Waals surface area (Å²) in [6.07, 6.45) is 6.69. The molecule has 0 aliphatic heterocycles. The van der Waals surface area contributed by atoms with Crippen molar-refractivity contribution in [2.24, 2.45) is 5.92 Å². The van der Waals surface area contributed by atoms with Crippen molar-refractivity contribution in [3.05, 3.63) is 24.3 Å². The Morgan fingerprint density at radius 1 is 1.24 bits per heavy atom. The van der Waals surface area contributed by atoms with E-state index in [0.717, 1.165) is 11.7 Å². The van der Waals surface area contributed by atoms with Gasteiger partial charge in [0.05, 0.1) is 7.11 Å². The van der Waals surface area contributed by atoms with E-state index in [2.05, 4.69) is 24.4 Å². The SMILES string of the molecule is CCC1CCC(Nc2cccc(OC)c2)CC1. The second-order valence-corrected chi connectivity index (χ2v) is 5.00. The highest BCUT2D eigenvalue weighted by molar-refractivity contribution is 5.48. The summed E-state index contributed by atoms with van der Waals surface area (Å²) < 4.78 is 5.24. The van der Waals surface area contributed by atoms with Crippen LogP contribution in [0.1, 0.15) is 39.0 Å². The summed E-state index contributed by atoms with van der Waals surface area (Å²) >= 11 is 0. The smallest absolute Gasteiger partial charge is 0.120 e. The lowest BCUT2D eigenvalue weighted by molar-refractivity contribution is 0.330. The zero-order valence-corrected chi connectivity index (χ0v) is 10.9. The molecule has 94 valence electrons. The van der Waals surface area contributed by atoms with Gasteiger partial charge in [-0.2, -0.15) is 0 Å². The van der Waals surface area contributed by atoms with E-state index in [9.17, 15) is 0 Å². The number of hydrogen-bond donors (Lipinski definition) is 1. The van der Waals surface area contributed by atoms with Crippen LogP contribution in [-0.2, 0) is 0 Å². The highest BCUT2D eigenvalue weighted by Crippen LogP contribution is 2.29. The Kier molecular flexibility index (Phi) is 4.29. The van der Waals surface area contributed by atoms with Crippen LogP contribution in [0.25, 0.3) is 0 Å². The van der Waals surface area contributed by atoms with Gasteiger partial charge in [0.1, 0.15) is 5.75 Å². The second-order valence-electron chi connectivity index (χ2n) is 5.00. The van der Waals surface area contributed by atoms with Gasteiger partial charge in [0.25, 0.3) is 0 Å². The zero-order valence-electron chi connectivity index (χ0n) is 10.9. The van der Waals surface area contributed by atoms with Crippen molar-refractivity contribution >= 4 is 5.69 Å². The van der Waals surface area contributed by atoms with E-state index < -0.39 is 0 Å². The first-order valence-electron chi connectivity index (χ1n) is 6.72. The topological polar surface area (TPSA) is 21.3 Å². The molecule has 2 rings (SSSR count). The normalized spacial score (nSPS) is 24.4. The molecule has 1 N–H and O–H groups in total. The molecule has 0 spiro atoms. The first-order chi connectivity index (χ1) is 8.31. The Labute approximate surface area is 104 Å². The summed E-state index contributed by atoms with van der Waals surface area (Å²) in [7, 11) is 1.71. The first-order valence-corrected chi connectivity index (χ1v) is 6.72. The van der Waals surface area contributed by atoms with Gasteiger partial charge in [-0.25, -0.2) is 0 Å². The molecule has 0 unspecified atom stereocenters. The number of hydrogen-bond acceptors (Lipinski definition) is 2. The van der Waals surface area contributed by atoms with E-state index in [1.54, 1.807) is 7.11 Å². The Bertz CT molecular complexity index is 343. The zero-order chi connectivity index (χ0) is 12.1. The molecule has 2 heteroatoms. The van der Waals surface area contributed by atoms with Crippen molar-refractivity contribution < 1.29 is 4.74 Å². The van der Waals surface area contributed by atoms with Crippen molar-refractivity contribution in [3.8, 4) is 5.75 Å². The van der Waals surface area contributed by atoms with E-state index in [-0.39, 0.29) is 0 Å². The van der Waals surface area contributed by atoms with Gasteiger partial charge >= 0.3 is 0 Å².